The fraction of sp³-hybridized carbons (Fsp3) is 0.636. The SMILES string of the molecule is CC/C(=N\OC(=O)N(C)SC(C)(C)C#N)C(C)=O. The molecule has 0 aromatic carbocycles. The van der Waals surface area contributed by atoms with E-state index in [4.69, 9.17) is 5.26 Å². The average molecular weight is 271 g/mol. The van der Waals surface area contributed by atoms with Gasteiger partial charge in [0.15, 0.2) is 5.78 Å². The summed E-state index contributed by atoms with van der Waals surface area (Å²) < 4.78 is 0.422. The molecule has 100 valence electrons. The number of hydrogen-bond acceptors (Lipinski definition) is 6. The fourth-order valence-corrected chi connectivity index (χ4v) is 1.76. The Morgan fingerprint density at radius 2 is 2.06 bits per heavy atom. The summed E-state index contributed by atoms with van der Waals surface area (Å²) in [5, 5.41) is 12.3. The first-order chi connectivity index (χ1) is 8.23. The molecule has 6 nitrogen and oxygen atoms in total. The molecule has 0 heterocycles. The van der Waals surface area contributed by atoms with E-state index in [-0.39, 0.29) is 11.5 Å². The van der Waals surface area contributed by atoms with Gasteiger partial charge in [0.05, 0.1) is 6.07 Å². The highest BCUT2D eigenvalue weighted by Gasteiger charge is 2.24. The van der Waals surface area contributed by atoms with Crippen molar-refractivity contribution in [3.63, 3.8) is 0 Å². The Kier molecular flexibility index (Phi) is 6.41. The Balaban J connectivity index is 4.52. The van der Waals surface area contributed by atoms with E-state index < -0.39 is 10.8 Å². The quantitative estimate of drug-likeness (QED) is 0.332. The van der Waals surface area contributed by atoms with Gasteiger partial charge in [-0.15, -0.1) is 0 Å². The van der Waals surface area contributed by atoms with Crippen LogP contribution in [0.5, 0.6) is 0 Å². The van der Waals surface area contributed by atoms with Crippen LogP contribution in [-0.4, -0.2) is 33.7 Å². The Hall–Kier alpha value is -1.55. The molecule has 0 aliphatic carbocycles. The third-order valence-corrected chi connectivity index (χ3v) is 2.84. The molecule has 18 heavy (non-hydrogen) atoms. The molecule has 0 saturated heterocycles. The van der Waals surface area contributed by atoms with Crippen LogP contribution in [0.4, 0.5) is 4.79 Å². The summed E-state index contributed by atoms with van der Waals surface area (Å²) in [5.74, 6) is -0.238. The Morgan fingerprint density at radius 3 is 2.44 bits per heavy atom. The first-order valence-electron chi connectivity index (χ1n) is 5.36. The van der Waals surface area contributed by atoms with Gasteiger partial charge in [-0.1, -0.05) is 12.1 Å². The van der Waals surface area contributed by atoms with Gasteiger partial charge in [0.25, 0.3) is 0 Å². The van der Waals surface area contributed by atoms with Gasteiger partial charge in [-0.2, -0.15) is 5.26 Å². The number of ketones is 1. The molecule has 0 aliphatic rings. The zero-order valence-corrected chi connectivity index (χ0v) is 12.0. The number of nitrogens with zero attached hydrogens (tertiary/aromatic N) is 3. The average Bonchev–Trinajstić information content (AvgIpc) is 2.28. The van der Waals surface area contributed by atoms with E-state index in [0.717, 1.165) is 11.9 Å². The second kappa shape index (κ2) is 7.01. The molecule has 0 unspecified atom stereocenters. The first kappa shape index (κ1) is 16.4. The summed E-state index contributed by atoms with van der Waals surface area (Å²) >= 11 is 1.02. The molecule has 0 aliphatic heterocycles. The normalized spacial score (nSPS) is 11.7. The van der Waals surface area contributed by atoms with Crippen molar-refractivity contribution in [2.24, 2.45) is 5.16 Å². The van der Waals surface area contributed by atoms with E-state index in [1.807, 2.05) is 6.07 Å². The lowest BCUT2D eigenvalue weighted by Crippen LogP contribution is -2.27. The van der Waals surface area contributed by atoms with Gasteiger partial charge >= 0.3 is 6.09 Å². The van der Waals surface area contributed by atoms with Crippen LogP contribution in [0.1, 0.15) is 34.1 Å². The summed E-state index contributed by atoms with van der Waals surface area (Å²) in [6.45, 7) is 6.45. The largest absolute Gasteiger partial charge is 0.445 e. The van der Waals surface area contributed by atoms with Crippen LogP contribution < -0.4 is 0 Å². The van der Waals surface area contributed by atoms with Crippen molar-refractivity contribution < 1.29 is 14.4 Å². The first-order valence-corrected chi connectivity index (χ1v) is 6.13. The molecule has 0 rings (SSSR count). The molecular weight excluding hydrogens is 254 g/mol. The number of rotatable bonds is 5. The standard InChI is InChI=1S/C11H17N3O3S/c1-6-9(8(2)15)13-17-10(16)14(5)18-11(3,4)7-12/h6H2,1-5H3/b13-9+. The molecule has 0 aromatic heterocycles. The number of carbonyl (C=O) groups is 2. The molecule has 7 heteroatoms. The Labute approximate surface area is 111 Å². The van der Waals surface area contributed by atoms with Crippen LogP contribution >= 0.6 is 11.9 Å². The molecule has 0 bridgehead atoms. The minimum atomic E-state index is -0.744. The Bertz CT molecular complexity index is 399. The number of nitriles is 1. The predicted molar refractivity (Wildman–Crippen MR) is 69.9 cm³/mol. The van der Waals surface area contributed by atoms with E-state index >= 15 is 0 Å². The second-order valence-electron chi connectivity index (χ2n) is 4.02. The highest BCUT2D eigenvalue weighted by atomic mass is 32.2. The fourth-order valence-electron chi connectivity index (χ4n) is 0.929. The lowest BCUT2D eigenvalue weighted by atomic mass is 10.2. The van der Waals surface area contributed by atoms with Gasteiger partial charge < -0.3 is 0 Å². The molecule has 0 saturated carbocycles. The number of oxime groups is 1. The third kappa shape index (κ3) is 5.68. The molecule has 0 spiro atoms. The van der Waals surface area contributed by atoms with E-state index in [1.54, 1.807) is 20.8 Å². The molecular formula is C11H17N3O3S. The maximum atomic E-state index is 11.5. The van der Waals surface area contributed by atoms with Crippen LogP contribution in [-0.2, 0) is 9.63 Å². The van der Waals surface area contributed by atoms with Crippen molar-refractivity contribution in [2.45, 2.75) is 38.9 Å². The highest BCUT2D eigenvalue weighted by molar-refractivity contribution is 7.99. The maximum Gasteiger partial charge on any atom is 0.445 e. The lowest BCUT2D eigenvalue weighted by molar-refractivity contribution is -0.111. The van der Waals surface area contributed by atoms with Gasteiger partial charge in [-0.05, 0) is 32.2 Å². The molecule has 0 atom stereocenters. The van der Waals surface area contributed by atoms with Crippen LogP contribution in [0.2, 0.25) is 0 Å². The Morgan fingerprint density at radius 1 is 1.50 bits per heavy atom. The van der Waals surface area contributed by atoms with E-state index in [1.165, 1.54) is 18.3 Å². The van der Waals surface area contributed by atoms with Crippen LogP contribution in [0.3, 0.4) is 0 Å². The number of carbonyl (C=O) groups excluding carboxylic acids is 2. The van der Waals surface area contributed by atoms with Crippen molar-refractivity contribution in [3.8, 4) is 6.07 Å². The minimum absolute atomic E-state index is 0.196. The number of Topliss-reactive ketones (excluding diaryl/α,β-unsaturated/α-hetero) is 1. The van der Waals surface area contributed by atoms with E-state index in [2.05, 4.69) is 9.99 Å². The predicted octanol–water partition coefficient (Wildman–Crippen LogP) is 2.36. The van der Waals surface area contributed by atoms with Crippen LogP contribution in [0.25, 0.3) is 0 Å². The van der Waals surface area contributed by atoms with Gasteiger partial charge in [0.1, 0.15) is 10.5 Å². The molecule has 0 radical (unpaired) electrons. The summed E-state index contributed by atoms with van der Waals surface area (Å²) in [7, 11) is 1.47. The number of hydrogen-bond donors (Lipinski definition) is 0. The summed E-state index contributed by atoms with van der Waals surface area (Å²) in [5.41, 5.74) is 0.196. The molecule has 0 fully saturated rings. The minimum Gasteiger partial charge on any atom is -0.297 e. The van der Waals surface area contributed by atoms with Crippen molar-refractivity contribution in [2.75, 3.05) is 7.05 Å². The van der Waals surface area contributed by atoms with Crippen molar-refractivity contribution in [3.05, 3.63) is 0 Å². The van der Waals surface area contributed by atoms with Crippen molar-refractivity contribution in [1.82, 2.24) is 4.31 Å². The highest BCUT2D eigenvalue weighted by Crippen LogP contribution is 2.26. The van der Waals surface area contributed by atoms with Gasteiger partial charge in [-0.3, -0.25) is 13.9 Å². The van der Waals surface area contributed by atoms with Crippen LogP contribution in [0, 0.1) is 11.3 Å². The van der Waals surface area contributed by atoms with Gasteiger partial charge in [0, 0.05) is 14.0 Å². The monoisotopic (exact) mass is 271 g/mol. The van der Waals surface area contributed by atoms with Crippen molar-refractivity contribution in [1.29, 1.82) is 5.26 Å². The molecule has 0 N–H and O–H groups in total. The zero-order chi connectivity index (χ0) is 14.3. The van der Waals surface area contributed by atoms with Crippen molar-refractivity contribution >= 4 is 29.5 Å². The second-order valence-corrected chi connectivity index (χ2v) is 5.77. The number of amides is 1. The maximum absolute atomic E-state index is 11.5. The molecule has 0 aromatic rings. The summed E-state index contributed by atoms with van der Waals surface area (Å²) in [6, 6.07) is 2.04. The van der Waals surface area contributed by atoms with E-state index in [9.17, 15) is 9.59 Å². The zero-order valence-electron chi connectivity index (χ0n) is 11.2. The van der Waals surface area contributed by atoms with E-state index in [0.29, 0.717) is 6.42 Å². The van der Waals surface area contributed by atoms with Gasteiger partial charge in [0.2, 0.25) is 0 Å². The summed E-state index contributed by atoms with van der Waals surface area (Å²) in [4.78, 5) is 27.2. The topological polar surface area (TPSA) is 82.8 Å². The van der Waals surface area contributed by atoms with Crippen LogP contribution in [0.15, 0.2) is 5.16 Å². The molecule has 1 amide bonds. The van der Waals surface area contributed by atoms with Gasteiger partial charge in [-0.25, -0.2) is 4.79 Å². The smallest absolute Gasteiger partial charge is 0.297 e. The summed E-state index contributed by atoms with van der Waals surface area (Å²) in [6.07, 6.45) is -0.334. The lowest BCUT2D eigenvalue weighted by Gasteiger charge is -2.21. The third-order valence-electron chi connectivity index (χ3n) is 1.87.